The second kappa shape index (κ2) is 8.96. The first-order valence-electron chi connectivity index (χ1n) is 6.17. The highest BCUT2D eigenvalue weighted by Gasteiger charge is 2.08. The van der Waals surface area contributed by atoms with E-state index in [2.05, 4.69) is 37.9 Å². The van der Waals surface area contributed by atoms with E-state index in [1.165, 1.54) is 25.7 Å². The fourth-order valence-corrected chi connectivity index (χ4v) is 1.77. The highest BCUT2D eigenvalue weighted by Crippen LogP contribution is 2.00. The summed E-state index contributed by atoms with van der Waals surface area (Å²) in [5, 5.41) is 4.24. The minimum atomic E-state index is 0.434. The Labute approximate surface area is 100 Å². The smallest absolute Gasteiger partial charge is 0.169 e. The molecule has 2 nitrogen and oxygen atoms in total. The lowest BCUT2D eigenvalue weighted by atomic mass is 10.3. The molecule has 0 spiro atoms. The molecule has 0 heterocycles. The number of thiocarbonyl (C=S) groups is 1. The first-order chi connectivity index (χ1) is 7.11. The van der Waals surface area contributed by atoms with Gasteiger partial charge in [-0.3, -0.25) is 0 Å². The molecule has 0 aromatic carbocycles. The average molecular weight is 230 g/mol. The summed E-state index contributed by atoms with van der Waals surface area (Å²) in [5.41, 5.74) is 0. The van der Waals surface area contributed by atoms with Gasteiger partial charge in [0.15, 0.2) is 5.11 Å². The van der Waals surface area contributed by atoms with Gasteiger partial charge in [-0.2, -0.15) is 0 Å². The van der Waals surface area contributed by atoms with Crippen molar-refractivity contribution in [3.8, 4) is 0 Å². The molecule has 0 atom stereocenters. The molecule has 0 saturated carbocycles. The van der Waals surface area contributed by atoms with E-state index in [1.807, 2.05) is 0 Å². The highest BCUT2D eigenvalue weighted by molar-refractivity contribution is 7.80. The van der Waals surface area contributed by atoms with Crippen molar-refractivity contribution in [2.24, 2.45) is 0 Å². The normalized spacial score (nSPS) is 10.5. The summed E-state index contributed by atoms with van der Waals surface area (Å²) in [4.78, 5) is 2.31. The molecular formula is C12H26N2S. The number of rotatable bonds is 7. The molecule has 0 saturated heterocycles. The molecule has 3 heteroatoms. The Hall–Kier alpha value is -0.310. The van der Waals surface area contributed by atoms with E-state index < -0.39 is 0 Å². The number of unbranched alkanes of at least 4 members (excludes halogenated alkanes) is 2. The van der Waals surface area contributed by atoms with Crippen LogP contribution in [-0.2, 0) is 0 Å². The van der Waals surface area contributed by atoms with E-state index in [0.717, 1.165) is 18.2 Å². The third-order valence-corrected chi connectivity index (χ3v) is 2.64. The van der Waals surface area contributed by atoms with E-state index in [1.54, 1.807) is 0 Å². The second-order valence-corrected chi connectivity index (χ2v) is 4.69. The molecule has 0 aliphatic heterocycles. The van der Waals surface area contributed by atoms with E-state index in [4.69, 9.17) is 12.2 Å². The van der Waals surface area contributed by atoms with Gasteiger partial charge in [-0.1, -0.05) is 26.7 Å². The van der Waals surface area contributed by atoms with Gasteiger partial charge in [-0.15, -0.1) is 0 Å². The molecule has 0 amide bonds. The van der Waals surface area contributed by atoms with E-state index >= 15 is 0 Å². The Kier molecular flexibility index (Phi) is 8.77. The zero-order chi connectivity index (χ0) is 11.7. The van der Waals surface area contributed by atoms with Gasteiger partial charge < -0.3 is 10.2 Å². The first kappa shape index (κ1) is 14.7. The maximum Gasteiger partial charge on any atom is 0.169 e. The van der Waals surface area contributed by atoms with Gasteiger partial charge in [0, 0.05) is 19.1 Å². The maximum absolute atomic E-state index is 5.39. The van der Waals surface area contributed by atoms with Gasteiger partial charge in [0.1, 0.15) is 0 Å². The van der Waals surface area contributed by atoms with E-state index in [0.29, 0.717) is 6.04 Å². The molecule has 90 valence electrons. The summed E-state index contributed by atoms with van der Waals surface area (Å²) in [7, 11) is 0. The summed E-state index contributed by atoms with van der Waals surface area (Å²) in [5.74, 6) is 0. The molecule has 0 aliphatic rings. The molecule has 15 heavy (non-hydrogen) atoms. The summed E-state index contributed by atoms with van der Waals surface area (Å²) in [6.45, 7) is 10.9. The van der Waals surface area contributed by atoms with Gasteiger partial charge in [-0.05, 0) is 38.9 Å². The van der Waals surface area contributed by atoms with E-state index in [-0.39, 0.29) is 0 Å². The van der Waals surface area contributed by atoms with Crippen molar-refractivity contribution < 1.29 is 0 Å². The molecule has 0 rings (SSSR count). The van der Waals surface area contributed by atoms with Crippen LogP contribution < -0.4 is 5.32 Å². The van der Waals surface area contributed by atoms with Gasteiger partial charge in [0.05, 0.1) is 0 Å². The van der Waals surface area contributed by atoms with Crippen LogP contribution in [0, 0.1) is 0 Å². The standard InChI is InChI=1S/C12H26N2S/c1-5-7-9-14(10-8-6-2)12(15)13-11(3)4/h11H,5-10H2,1-4H3,(H,13,15). The largest absolute Gasteiger partial charge is 0.360 e. The van der Waals surface area contributed by atoms with Gasteiger partial charge in [0.2, 0.25) is 0 Å². The number of nitrogens with one attached hydrogen (secondary N) is 1. The quantitative estimate of drug-likeness (QED) is 0.676. The molecule has 0 unspecified atom stereocenters. The van der Waals surface area contributed by atoms with E-state index in [9.17, 15) is 0 Å². The van der Waals surface area contributed by atoms with Crippen molar-refractivity contribution in [2.45, 2.75) is 59.4 Å². The van der Waals surface area contributed by atoms with Crippen LogP contribution in [0.3, 0.4) is 0 Å². The van der Waals surface area contributed by atoms with Crippen LogP contribution >= 0.6 is 12.2 Å². The highest BCUT2D eigenvalue weighted by atomic mass is 32.1. The van der Waals surface area contributed by atoms with Crippen molar-refractivity contribution in [3.63, 3.8) is 0 Å². The first-order valence-corrected chi connectivity index (χ1v) is 6.58. The average Bonchev–Trinajstić information content (AvgIpc) is 2.17. The van der Waals surface area contributed by atoms with Crippen LogP contribution in [0.5, 0.6) is 0 Å². The van der Waals surface area contributed by atoms with Crippen LogP contribution in [0.15, 0.2) is 0 Å². The lowest BCUT2D eigenvalue weighted by Gasteiger charge is -2.27. The Bertz CT molecular complexity index is 161. The summed E-state index contributed by atoms with van der Waals surface area (Å²) < 4.78 is 0. The SMILES string of the molecule is CCCCN(CCCC)C(=S)NC(C)C. The molecule has 1 N–H and O–H groups in total. The van der Waals surface area contributed by atoms with Crippen molar-refractivity contribution in [2.75, 3.05) is 13.1 Å². The minimum Gasteiger partial charge on any atom is -0.360 e. The lowest BCUT2D eigenvalue weighted by molar-refractivity contribution is 0.388. The molecule has 0 bridgehead atoms. The van der Waals surface area contributed by atoms with Crippen LogP contribution in [0.4, 0.5) is 0 Å². The number of hydrogen-bond acceptors (Lipinski definition) is 1. The van der Waals surface area contributed by atoms with Crippen molar-refractivity contribution in [1.29, 1.82) is 0 Å². The number of hydrogen-bond donors (Lipinski definition) is 1. The van der Waals surface area contributed by atoms with Crippen molar-refractivity contribution in [3.05, 3.63) is 0 Å². The van der Waals surface area contributed by atoms with Gasteiger partial charge in [-0.25, -0.2) is 0 Å². The third kappa shape index (κ3) is 7.60. The molecule has 0 fully saturated rings. The summed E-state index contributed by atoms with van der Waals surface area (Å²) in [6, 6.07) is 0.434. The molecule has 0 radical (unpaired) electrons. The molecular weight excluding hydrogens is 204 g/mol. The predicted molar refractivity (Wildman–Crippen MR) is 72.3 cm³/mol. The molecule has 0 aliphatic carbocycles. The van der Waals surface area contributed by atoms with Crippen LogP contribution in [0.2, 0.25) is 0 Å². The van der Waals surface area contributed by atoms with Gasteiger partial charge in [0.25, 0.3) is 0 Å². The fourth-order valence-electron chi connectivity index (χ4n) is 1.35. The lowest BCUT2D eigenvalue weighted by Crippen LogP contribution is -2.43. The van der Waals surface area contributed by atoms with Crippen molar-refractivity contribution >= 4 is 17.3 Å². The Balaban J connectivity index is 4.01. The number of nitrogens with zero attached hydrogens (tertiary/aromatic N) is 1. The molecule has 0 aromatic heterocycles. The fraction of sp³-hybridized carbons (Fsp3) is 0.917. The van der Waals surface area contributed by atoms with Crippen LogP contribution in [-0.4, -0.2) is 29.1 Å². The zero-order valence-electron chi connectivity index (χ0n) is 10.7. The summed E-state index contributed by atoms with van der Waals surface area (Å²) in [6.07, 6.45) is 4.91. The third-order valence-electron chi connectivity index (χ3n) is 2.26. The topological polar surface area (TPSA) is 15.3 Å². The Morgan fingerprint density at radius 1 is 1.13 bits per heavy atom. The second-order valence-electron chi connectivity index (χ2n) is 4.30. The summed E-state index contributed by atoms with van der Waals surface area (Å²) >= 11 is 5.39. The maximum atomic E-state index is 5.39. The van der Waals surface area contributed by atoms with Gasteiger partial charge >= 0.3 is 0 Å². The monoisotopic (exact) mass is 230 g/mol. The van der Waals surface area contributed by atoms with Crippen LogP contribution in [0.1, 0.15) is 53.4 Å². The predicted octanol–water partition coefficient (Wildman–Crippen LogP) is 3.17. The van der Waals surface area contributed by atoms with Crippen LogP contribution in [0.25, 0.3) is 0 Å². The Morgan fingerprint density at radius 3 is 1.93 bits per heavy atom. The molecule has 0 aromatic rings. The zero-order valence-corrected chi connectivity index (χ0v) is 11.5. The van der Waals surface area contributed by atoms with Crippen molar-refractivity contribution in [1.82, 2.24) is 10.2 Å². The minimum absolute atomic E-state index is 0.434. The Morgan fingerprint density at radius 2 is 1.60 bits per heavy atom.